The zero-order valence-corrected chi connectivity index (χ0v) is 13.1. The maximum Gasteiger partial charge on any atom is 0.387 e. The van der Waals surface area contributed by atoms with Crippen molar-refractivity contribution in [1.29, 1.82) is 0 Å². The van der Waals surface area contributed by atoms with Crippen LogP contribution >= 0.6 is 0 Å². The molecule has 4 nitrogen and oxygen atoms in total. The van der Waals surface area contributed by atoms with Gasteiger partial charge in [0.2, 0.25) is 5.91 Å². The average Bonchev–Trinajstić information content (AvgIpc) is 2.44. The largest absolute Gasteiger partial charge is 0.435 e. The molecule has 1 saturated heterocycles. The van der Waals surface area contributed by atoms with E-state index in [-0.39, 0.29) is 11.7 Å². The minimum atomic E-state index is -2.85. The molecule has 1 atom stereocenters. The number of carbonyl (C=O) groups is 1. The summed E-state index contributed by atoms with van der Waals surface area (Å²) in [5.41, 5.74) is 0.0758. The number of alkyl halides is 2. The lowest BCUT2D eigenvalue weighted by atomic mass is 9.84. The second kappa shape index (κ2) is 6.60. The minimum absolute atomic E-state index is 0.0677. The molecule has 1 aromatic carbocycles. The van der Waals surface area contributed by atoms with Gasteiger partial charge in [-0.25, -0.2) is 0 Å². The predicted molar refractivity (Wildman–Crippen MR) is 81.1 cm³/mol. The van der Waals surface area contributed by atoms with E-state index in [1.54, 1.807) is 12.1 Å². The number of hydrogen-bond acceptors (Lipinski definition) is 3. The summed E-state index contributed by atoms with van der Waals surface area (Å²) in [6.07, 6.45) is 0.818. The lowest BCUT2D eigenvalue weighted by molar-refractivity contribution is -0.136. The molecular weight excluding hydrogens is 290 g/mol. The summed E-state index contributed by atoms with van der Waals surface area (Å²) >= 11 is 0. The van der Waals surface area contributed by atoms with E-state index in [9.17, 15) is 13.6 Å². The zero-order chi connectivity index (χ0) is 16.3. The molecule has 22 heavy (non-hydrogen) atoms. The van der Waals surface area contributed by atoms with Crippen molar-refractivity contribution in [3.05, 3.63) is 24.3 Å². The third-order valence-electron chi connectivity index (χ3n) is 3.98. The van der Waals surface area contributed by atoms with E-state index in [1.807, 2.05) is 6.92 Å². The van der Waals surface area contributed by atoms with Crippen molar-refractivity contribution < 1.29 is 18.3 Å². The zero-order valence-electron chi connectivity index (χ0n) is 13.1. The van der Waals surface area contributed by atoms with Crippen molar-refractivity contribution >= 4 is 11.6 Å². The second-order valence-electron chi connectivity index (χ2n) is 6.22. The van der Waals surface area contributed by atoms with Gasteiger partial charge in [0.25, 0.3) is 0 Å². The molecule has 0 saturated carbocycles. The SMILES string of the molecule is CC(C)CN1CCC1(C)C(=O)Nc1ccc(OC(F)F)cc1. The van der Waals surface area contributed by atoms with Crippen LogP contribution in [-0.4, -0.2) is 36.0 Å². The fourth-order valence-electron chi connectivity index (χ4n) is 2.58. The van der Waals surface area contributed by atoms with Gasteiger partial charge in [0.15, 0.2) is 0 Å². The number of ether oxygens (including phenoxy) is 1. The molecule has 6 heteroatoms. The van der Waals surface area contributed by atoms with Gasteiger partial charge < -0.3 is 10.1 Å². The van der Waals surface area contributed by atoms with E-state index in [1.165, 1.54) is 12.1 Å². The van der Waals surface area contributed by atoms with Crippen LogP contribution in [0.4, 0.5) is 14.5 Å². The Bertz CT molecular complexity index is 519. The molecule has 0 bridgehead atoms. The van der Waals surface area contributed by atoms with E-state index < -0.39 is 12.2 Å². The smallest absolute Gasteiger partial charge is 0.387 e. The number of rotatable bonds is 6. The summed E-state index contributed by atoms with van der Waals surface area (Å²) in [7, 11) is 0. The van der Waals surface area contributed by atoms with Crippen LogP contribution < -0.4 is 10.1 Å². The highest BCUT2D eigenvalue weighted by atomic mass is 19.3. The van der Waals surface area contributed by atoms with Crippen LogP contribution in [0, 0.1) is 5.92 Å². The van der Waals surface area contributed by atoms with Gasteiger partial charge in [-0.15, -0.1) is 0 Å². The number of carbonyl (C=O) groups excluding carboxylic acids is 1. The predicted octanol–water partition coefficient (Wildman–Crippen LogP) is 3.35. The molecule has 1 aliphatic rings. The molecule has 0 radical (unpaired) electrons. The molecule has 1 unspecified atom stereocenters. The van der Waals surface area contributed by atoms with Crippen LogP contribution in [0.5, 0.6) is 5.75 Å². The first kappa shape index (κ1) is 16.7. The van der Waals surface area contributed by atoms with Crippen molar-refractivity contribution in [2.75, 3.05) is 18.4 Å². The second-order valence-corrected chi connectivity index (χ2v) is 6.22. The molecule has 1 aliphatic heterocycles. The first-order valence-corrected chi connectivity index (χ1v) is 7.42. The number of halogens is 2. The van der Waals surface area contributed by atoms with Crippen molar-refractivity contribution in [1.82, 2.24) is 4.90 Å². The molecule has 0 spiro atoms. The van der Waals surface area contributed by atoms with Gasteiger partial charge in [0.1, 0.15) is 5.75 Å². The van der Waals surface area contributed by atoms with Crippen LogP contribution in [0.25, 0.3) is 0 Å². The van der Waals surface area contributed by atoms with Crippen molar-refractivity contribution in [2.45, 2.75) is 39.3 Å². The van der Waals surface area contributed by atoms with Crippen LogP contribution in [-0.2, 0) is 4.79 Å². The number of likely N-dealkylation sites (tertiary alicyclic amines) is 1. The number of hydrogen-bond donors (Lipinski definition) is 1. The summed E-state index contributed by atoms with van der Waals surface area (Å²) in [5.74, 6) is 0.504. The van der Waals surface area contributed by atoms with Gasteiger partial charge in [-0.2, -0.15) is 8.78 Å². The first-order valence-electron chi connectivity index (χ1n) is 7.42. The minimum Gasteiger partial charge on any atom is -0.435 e. The van der Waals surface area contributed by atoms with Gasteiger partial charge in [0, 0.05) is 18.8 Å². The Morgan fingerprint density at radius 2 is 2.00 bits per heavy atom. The third-order valence-corrected chi connectivity index (χ3v) is 3.98. The summed E-state index contributed by atoms with van der Waals surface area (Å²) in [4.78, 5) is 14.6. The van der Waals surface area contributed by atoms with Gasteiger partial charge in [-0.3, -0.25) is 9.69 Å². The Kier molecular flexibility index (Phi) is 5.01. The Morgan fingerprint density at radius 3 is 2.45 bits per heavy atom. The molecule has 1 heterocycles. The lowest BCUT2D eigenvalue weighted by Crippen LogP contribution is -2.64. The van der Waals surface area contributed by atoms with Gasteiger partial charge in [-0.05, 0) is 43.5 Å². The molecule has 2 rings (SSSR count). The summed E-state index contributed by atoms with van der Waals surface area (Å²) in [6, 6.07) is 5.95. The number of amides is 1. The third kappa shape index (κ3) is 3.74. The summed E-state index contributed by atoms with van der Waals surface area (Å²) in [5, 5.41) is 2.84. The highest BCUT2D eigenvalue weighted by Crippen LogP contribution is 2.32. The summed E-state index contributed by atoms with van der Waals surface area (Å²) < 4.78 is 28.5. The van der Waals surface area contributed by atoms with Crippen molar-refractivity contribution in [3.63, 3.8) is 0 Å². The normalized spacial score (nSPS) is 21.8. The molecule has 1 fully saturated rings. The highest BCUT2D eigenvalue weighted by Gasteiger charge is 2.46. The molecule has 1 aromatic rings. The van der Waals surface area contributed by atoms with Crippen molar-refractivity contribution in [3.8, 4) is 5.75 Å². The average molecular weight is 312 g/mol. The van der Waals surface area contributed by atoms with Crippen LogP contribution in [0.15, 0.2) is 24.3 Å². The van der Waals surface area contributed by atoms with E-state index in [0.717, 1.165) is 19.5 Å². The maximum atomic E-state index is 12.5. The fraction of sp³-hybridized carbons (Fsp3) is 0.562. The molecule has 0 aliphatic carbocycles. The number of anilines is 1. The Labute approximate surface area is 129 Å². The molecule has 1 N–H and O–H groups in total. The van der Waals surface area contributed by atoms with E-state index >= 15 is 0 Å². The van der Waals surface area contributed by atoms with Crippen LogP contribution in [0.2, 0.25) is 0 Å². The maximum absolute atomic E-state index is 12.5. The molecule has 1 amide bonds. The highest BCUT2D eigenvalue weighted by molar-refractivity contribution is 5.98. The first-order chi connectivity index (χ1) is 10.3. The Balaban J connectivity index is 1.97. The van der Waals surface area contributed by atoms with E-state index in [2.05, 4.69) is 28.8 Å². The fourth-order valence-corrected chi connectivity index (χ4v) is 2.58. The quantitative estimate of drug-likeness (QED) is 0.876. The van der Waals surface area contributed by atoms with Crippen LogP contribution in [0.1, 0.15) is 27.2 Å². The Morgan fingerprint density at radius 1 is 1.36 bits per heavy atom. The van der Waals surface area contributed by atoms with Crippen LogP contribution in [0.3, 0.4) is 0 Å². The monoisotopic (exact) mass is 312 g/mol. The van der Waals surface area contributed by atoms with E-state index in [4.69, 9.17) is 0 Å². The molecular formula is C16H22F2N2O2. The van der Waals surface area contributed by atoms with E-state index in [0.29, 0.717) is 11.6 Å². The number of benzene rings is 1. The number of nitrogens with one attached hydrogen (secondary N) is 1. The Hall–Kier alpha value is -1.69. The van der Waals surface area contributed by atoms with Crippen molar-refractivity contribution in [2.24, 2.45) is 5.92 Å². The van der Waals surface area contributed by atoms with Gasteiger partial charge >= 0.3 is 6.61 Å². The van der Waals surface area contributed by atoms with Gasteiger partial charge in [-0.1, -0.05) is 13.8 Å². The topological polar surface area (TPSA) is 41.6 Å². The number of nitrogens with zero attached hydrogens (tertiary/aromatic N) is 1. The standard InChI is InChI=1S/C16H22F2N2O2/c1-11(2)10-20-9-8-16(20,3)14(21)19-12-4-6-13(7-5-12)22-15(17)18/h4-7,11,15H,8-10H2,1-3H3,(H,19,21). The summed E-state index contributed by atoms with van der Waals surface area (Å²) in [6.45, 7) is 5.13. The molecule has 122 valence electrons. The molecule has 0 aromatic heterocycles. The van der Waals surface area contributed by atoms with Gasteiger partial charge in [0.05, 0.1) is 5.54 Å². The lowest BCUT2D eigenvalue weighted by Gasteiger charge is -2.49.